The molecule has 1 aromatic carbocycles. The number of nitrogens with one attached hydrogen (secondary N) is 1. The number of nitrogens with zero attached hydrogens (tertiary/aromatic N) is 2. The van der Waals surface area contributed by atoms with Gasteiger partial charge >= 0.3 is 6.18 Å². The zero-order valence-corrected chi connectivity index (χ0v) is 15.4. The molecule has 4 rings (SSSR count). The van der Waals surface area contributed by atoms with E-state index in [-0.39, 0.29) is 18.0 Å². The maximum Gasteiger partial charge on any atom is 0.416 e. The number of aromatic nitrogens is 1. The number of likely N-dealkylation sites (tertiary alicyclic amines) is 1. The Kier molecular flexibility index (Phi) is 4.41. The first-order chi connectivity index (χ1) is 13.5. The van der Waals surface area contributed by atoms with Crippen molar-refractivity contribution in [1.29, 1.82) is 0 Å². The summed E-state index contributed by atoms with van der Waals surface area (Å²) in [5, 5.41) is 2.81. The summed E-state index contributed by atoms with van der Waals surface area (Å²) >= 11 is 0. The van der Waals surface area contributed by atoms with Gasteiger partial charge in [-0.25, -0.2) is 8.78 Å². The second-order valence-electron chi connectivity index (χ2n) is 7.62. The van der Waals surface area contributed by atoms with Crippen molar-refractivity contribution in [2.45, 2.75) is 36.5 Å². The van der Waals surface area contributed by atoms with Crippen LogP contribution in [0, 0.1) is 0 Å². The quantitative estimate of drug-likeness (QED) is 0.759. The highest BCUT2D eigenvalue weighted by Crippen LogP contribution is 2.48. The molecule has 2 saturated heterocycles. The fraction of sp³-hybridized carbons (Fsp3) is 0.400. The van der Waals surface area contributed by atoms with Crippen molar-refractivity contribution in [1.82, 2.24) is 15.2 Å². The zero-order chi connectivity index (χ0) is 21.0. The maximum absolute atomic E-state index is 14.8. The molecule has 2 aliphatic rings. The van der Waals surface area contributed by atoms with Crippen molar-refractivity contribution < 1.29 is 26.7 Å². The summed E-state index contributed by atoms with van der Waals surface area (Å²) in [5.74, 6) is -3.55. The summed E-state index contributed by atoms with van der Waals surface area (Å²) in [6, 6.07) is 5.99. The lowest BCUT2D eigenvalue weighted by Gasteiger charge is -2.22. The largest absolute Gasteiger partial charge is 0.416 e. The Morgan fingerprint density at radius 2 is 1.83 bits per heavy atom. The number of amides is 1. The SMILES string of the molecule is CN1CC[C@@]2(CC(F)(F)C(c3cc(-c4ccc(C(F)(F)F)cc4)ccn3)N2)C1=O. The van der Waals surface area contributed by atoms with Crippen LogP contribution in [0.15, 0.2) is 42.6 Å². The molecule has 0 aliphatic carbocycles. The lowest BCUT2D eigenvalue weighted by atomic mass is 9.94. The highest BCUT2D eigenvalue weighted by molar-refractivity contribution is 5.89. The molecule has 0 saturated carbocycles. The number of hydrogen-bond donors (Lipinski definition) is 1. The van der Waals surface area contributed by atoms with Crippen molar-refractivity contribution in [3.05, 3.63) is 53.9 Å². The van der Waals surface area contributed by atoms with Crippen LogP contribution < -0.4 is 5.32 Å². The summed E-state index contributed by atoms with van der Waals surface area (Å²) in [4.78, 5) is 17.9. The average molecular weight is 411 g/mol. The van der Waals surface area contributed by atoms with Gasteiger partial charge in [-0.3, -0.25) is 15.1 Å². The van der Waals surface area contributed by atoms with Gasteiger partial charge in [0.1, 0.15) is 11.6 Å². The Labute approximate surface area is 163 Å². The van der Waals surface area contributed by atoms with Crippen LogP contribution in [0.4, 0.5) is 22.0 Å². The number of alkyl halides is 5. The number of halogens is 5. The number of carbonyl (C=O) groups excluding carboxylic acids is 1. The number of carbonyl (C=O) groups is 1. The Balaban J connectivity index is 1.64. The molecule has 154 valence electrons. The molecule has 2 fully saturated rings. The smallest absolute Gasteiger partial charge is 0.344 e. The predicted molar refractivity (Wildman–Crippen MR) is 95.1 cm³/mol. The van der Waals surface area contributed by atoms with E-state index in [1.165, 1.54) is 29.3 Å². The summed E-state index contributed by atoms with van der Waals surface area (Å²) in [6.45, 7) is 0.396. The molecule has 3 heterocycles. The van der Waals surface area contributed by atoms with E-state index >= 15 is 0 Å². The van der Waals surface area contributed by atoms with E-state index in [9.17, 15) is 26.7 Å². The Hall–Kier alpha value is -2.55. The van der Waals surface area contributed by atoms with Gasteiger partial charge < -0.3 is 4.90 Å². The molecule has 1 N–H and O–H groups in total. The van der Waals surface area contributed by atoms with E-state index in [1.807, 2.05) is 0 Å². The van der Waals surface area contributed by atoms with Crippen molar-refractivity contribution in [3.63, 3.8) is 0 Å². The van der Waals surface area contributed by atoms with Crippen LogP contribution in [-0.4, -0.2) is 40.8 Å². The van der Waals surface area contributed by atoms with E-state index in [2.05, 4.69) is 10.3 Å². The molecular weight excluding hydrogens is 393 g/mol. The van der Waals surface area contributed by atoms with E-state index in [0.29, 0.717) is 17.7 Å². The third kappa shape index (κ3) is 3.37. The molecule has 29 heavy (non-hydrogen) atoms. The normalized spacial score (nSPS) is 26.5. The van der Waals surface area contributed by atoms with E-state index in [0.717, 1.165) is 12.1 Å². The van der Waals surface area contributed by atoms with Gasteiger partial charge in [0.25, 0.3) is 5.92 Å². The van der Waals surface area contributed by atoms with Crippen molar-refractivity contribution in [3.8, 4) is 11.1 Å². The molecule has 1 aromatic heterocycles. The number of hydrogen-bond acceptors (Lipinski definition) is 3. The Morgan fingerprint density at radius 3 is 2.41 bits per heavy atom. The van der Waals surface area contributed by atoms with E-state index < -0.39 is 35.7 Å². The van der Waals surface area contributed by atoms with Crippen LogP contribution >= 0.6 is 0 Å². The molecule has 0 bridgehead atoms. The summed E-state index contributed by atoms with van der Waals surface area (Å²) < 4.78 is 67.9. The van der Waals surface area contributed by atoms with Gasteiger partial charge in [-0.05, 0) is 41.8 Å². The molecule has 2 aromatic rings. The van der Waals surface area contributed by atoms with Crippen LogP contribution in [0.5, 0.6) is 0 Å². The van der Waals surface area contributed by atoms with Crippen molar-refractivity contribution in [2.75, 3.05) is 13.6 Å². The van der Waals surface area contributed by atoms with Gasteiger partial charge in [0, 0.05) is 26.2 Å². The predicted octanol–water partition coefficient (Wildman–Crippen LogP) is 4.04. The highest BCUT2D eigenvalue weighted by Gasteiger charge is 2.62. The molecule has 1 spiro atoms. The number of likely N-dealkylation sites (N-methyl/N-ethyl adjacent to an activating group) is 1. The Morgan fingerprint density at radius 1 is 1.14 bits per heavy atom. The third-order valence-electron chi connectivity index (χ3n) is 5.63. The second kappa shape index (κ2) is 6.48. The average Bonchev–Trinajstić information content (AvgIpc) is 3.11. The standard InChI is InChI=1S/C20H18F5N3O/c1-28-9-7-18(17(28)29)11-19(21,22)16(27-18)15-10-13(6-8-26-15)12-2-4-14(5-3-12)20(23,24)25/h2-6,8,10,16,27H,7,9,11H2,1H3/t16?,18-/m1/s1. The first kappa shape index (κ1) is 19.8. The monoisotopic (exact) mass is 411 g/mol. The van der Waals surface area contributed by atoms with Crippen LogP contribution in [0.3, 0.4) is 0 Å². The molecule has 2 aliphatic heterocycles. The molecule has 0 radical (unpaired) electrons. The number of pyridine rings is 1. The fourth-order valence-corrected chi connectivity index (χ4v) is 4.10. The number of benzene rings is 1. The fourth-order valence-electron chi connectivity index (χ4n) is 4.10. The van der Waals surface area contributed by atoms with Gasteiger partial charge in [0.15, 0.2) is 0 Å². The van der Waals surface area contributed by atoms with Crippen LogP contribution in [0.2, 0.25) is 0 Å². The molecule has 9 heteroatoms. The Bertz CT molecular complexity index is 944. The van der Waals surface area contributed by atoms with E-state index in [4.69, 9.17) is 0 Å². The molecule has 1 unspecified atom stereocenters. The van der Waals surface area contributed by atoms with Gasteiger partial charge in [0.05, 0.1) is 11.3 Å². The maximum atomic E-state index is 14.8. The molecular formula is C20H18F5N3O. The first-order valence-corrected chi connectivity index (χ1v) is 9.07. The lowest BCUT2D eigenvalue weighted by Crippen LogP contribution is -2.47. The minimum absolute atomic E-state index is 0.0478. The third-order valence-corrected chi connectivity index (χ3v) is 5.63. The van der Waals surface area contributed by atoms with Crippen LogP contribution in [0.1, 0.15) is 30.1 Å². The van der Waals surface area contributed by atoms with Gasteiger partial charge in [0.2, 0.25) is 5.91 Å². The number of rotatable bonds is 2. The molecule has 4 nitrogen and oxygen atoms in total. The van der Waals surface area contributed by atoms with Crippen LogP contribution in [-0.2, 0) is 11.0 Å². The minimum atomic E-state index is -4.45. The highest BCUT2D eigenvalue weighted by atomic mass is 19.4. The van der Waals surface area contributed by atoms with Gasteiger partial charge in [-0.15, -0.1) is 0 Å². The summed E-state index contributed by atoms with van der Waals surface area (Å²) in [7, 11) is 1.58. The second-order valence-corrected chi connectivity index (χ2v) is 7.62. The van der Waals surface area contributed by atoms with Crippen molar-refractivity contribution >= 4 is 5.91 Å². The lowest BCUT2D eigenvalue weighted by molar-refractivity contribution is -0.137. The first-order valence-electron chi connectivity index (χ1n) is 9.07. The summed E-state index contributed by atoms with van der Waals surface area (Å²) in [6.07, 6.45) is -3.44. The van der Waals surface area contributed by atoms with Gasteiger partial charge in [-0.1, -0.05) is 12.1 Å². The topological polar surface area (TPSA) is 45.2 Å². The van der Waals surface area contributed by atoms with Crippen molar-refractivity contribution in [2.24, 2.45) is 0 Å². The molecule has 1 amide bonds. The minimum Gasteiger partial charge on any atom is -0.344 e. The van der Waals surface area contributed by atoms with Gasteiger partial charge in [-0.2, -0.15) is 13.2 Å². The van der Waals surface area contributed by atoms with Crippen LogP contribution in [0.25, 0.3) is 11.1 Å². The summed E-state index contributed by atoms with van der Waals surface area (Å²) in [5.41, 5.74) is -1.13. The zero-order valence-electron chi connectivity index (χ0n) is 15.4. The molecule has 2 atom stereocenters. The van der Waals surface area contributed by atoms with E-state index in [1.54, 1.807) is 13.1 Å².